The van der Waals surface area contributed by atoms with Gasteiger partial charge in [0.2, 0.25) is 0 Å². The molecule has 3 rings (SSSR count). The van der Waals surface area contributed by atoms with Crippen LogP contribution in [-0.2, 0) is 10.9 Å². The summed E-state index contributed by atoms with van der Waals surface area (Å²) in [6, 6.07) is 12.3. The van der Waals surface area contributed by atoms with Gasteiger partial charge in [-0.1, -0.05) is 51.0 Å². The summed E-state index contributed by atoms with van der Waals surface area (Å²) >= 11 is 0. The summed E-state index contributed by atoms with van der Waals surface area (Å²) in [5.41, 5.74) is 0.243. The zero-order valence-electron chi connectivity index (χ0n) is 21.0. The largest absolute Gasteiger partial charge is 0.461 e. The molecular formula is C27H34Cl2F3N3O2. The van der Waals surface area contributed by atoms with E-state index in [0.717, 1.165) is 44.8 Å². The van der Waals surface area contributed by atoms with E-state index in [4.69, 9.17) is 4.74 Å². The lowest BCUT2D eigenvalue weighted by Gasteiger charge is -2.21. The minimum absolute atomic E-state index is 0. The predicted molar refractivity (Wildman–Crippen MR) is 148 cm³/mol. The number of para-hydroxylation sites is 2. The monoisotopic (exact) mass is 559 g/mol. The number of halogens is 5. The molecule has 204 valence electrons. The smallest absolute Gasteiger partial charge is 0.418 e. The number of rotatable bonds is 12. The van der Waals surface area contributed by atoms with Crippen LogP contribution in [0.5, 0.6) is 0 Å². The number of esters is 1. The molecule has 5 nitrogen and oxygen atoms in total. The molecule has 2 aromatic carbocycles. The Balaban J connectivity index is 0.00000342. The van der Waals surface area contributed by atoms with Crippen LogP contribution >= 0.6 is 24.8 Å². The average molecular weight is 560 g/mol. The molecule has 0 aliphatic rings. The fourth-order valence-corrected chi connectivity index (χ4v) is 3.87. The number of fused-ring (bicyclic) bond motifs is 1. The number of nitrogens with one attached hydrogen (secondary N) is 1. The molecule has 1 aromatic heterocycles. The standard InChI is InChI=1S/C27H32F3N3O2.2ClH/c1-3-5-16-33(17-6-4-2)18-19-35-26(34)21-10-7-8-13-23(21)32-24-14-15-31-25-20(24)11-9-12-22(25)27(28,29)30;;/h7-15H,3-6,16-19H2,1-2H3,(H,31,32);2*1H. The van der Waals surface area contributed by atoms with Crippen LogP contribution in [-0.4, -0.2) is 42.1 Å². The number of nitrogens with zero attached hydrogens (tertiary/aromatic N) is 2. The van der Waals surface area contributed by atoms with E-state index in [0.29, 0.717) is 28.9 Å². The Morgan fingerprint density at radius 1 is 0.919 bits per heavy atom. The molecule has 0 unspecified atom stereocenters. The number of aromatic nitrogens is 1. The van der Waals surface area contributed by atoms with Crippen molar-refractivity contribution in [1.29, 1.82) is 0 Å². The molecule has 3 aromatic rings. The highest BCUT2D eigenvalue weighted by molar-refractivity contribution is 6.00. The topological polar surface area (TPSA) is 54.5 Å². The van der Waals surface area contributed by atoms with Crippen molar-refractivity contribution in [1.82, 2.24) is 9.88 Å². The van der Waals surface area contributed by atoms with Crippen molar-refractivity contribution in [2.24, 2.45) is 0 Å². The predicted octanol–water partition coefficient (Wildman–Crippen LogP) is 7.90. The normalized spacial score (nSPS) is 11.1. The van der Waals surface area contributed by atoms with E-state index in [1.54, 1.807) is 36.4 Å². The number of pyridine rings is 1. The van der Waals surface area contributed by atoms with Crippen LogP contribution < -0.4 is 5.32 Å². The summed E-state index contributed by atoms with van der Waals surface area (Å²) in [5.74, 6) is -0.478. The van der Waals surface area contributed by atoms with Gasteiger partial charge >= 0.3 is 12.1 Å². The Bertz CT molecular complexity index is 1120. The Kier molecular flexibility index (Phi) is 13.7. The first-order valence-corrected chi connectivity index (χ1v) is 12.1. The summed E-state index contributed by atoms with van der Waals surface area (Å²) in [6.07, 6.45) is 1.21. The fourth-order valence-electron chi connectivity index (χ4n) is 3.87. The fraction of sp³-hybridized carbons (Fsp3) is 0.407. The average Bonchev–Trinajstić information content (AvgIpc) is 2.84. The second kappa shape index (κ2) is 15.6. The van der Waals surface area contributed by atoms with Crippen LogP contribution in [0.1, 0.15) is 55.5 Å². The van der Waals surface area contributed by atoms with E-state index in [1.165, 1.54) is 12.3 Å². The number of ether oxygens (including phenoxy) is 1. The summed E-state index contributed by atoms with van der Waals surface area (Å²) in [7, 11) is 0. The zero-order valence-corrected chi connectivity index (χ0v) is 22.6. The molecule has 0 bridgehead atoms. The second-order valence-corrected chi connectivity index (χ2v) is 8.41. The Morgan fingerprint density at radius 3 is 2.24 bits per heavy atom. The van der Waals surface area contributed by atoms with E-state index in [-0.39, 0.29) is 36.9 Å². The maximum atomic E-state index is 13.4. The molecule has 0 saturated heterocycles. The van der Waals surface area contributed by atoms with Gasteiger partial charge in [-0.05, 0) is 50.2 Å². The Morgan fingerprint density at radius 2 is 1.59 bits per heavy atom. The lowest BCUT2D eigenvalue weighted by atomic mass is 10.1. The van der Waals surface area contributed by atoms with Crippen molar-refractivity contribution in [3.63, 3.8) is 0 Å². The van der Waals surface area contributed by atoms with Crippen molar-refractivity contribution in [2.75, 3.05) is 31.6 Å². The summed E-state index contributed by atoms with van der Waals surface area (Å²) in [6.45, 7) is 7.18. The molecule has 0 amide bonds. The molecule has 0 radical (unpaired) electrons. The molecular weight excluding hydrogens is 526 g/mol. The van der Waals surface area contributed by atoms with E-state index in [1.807, 2.05) is 0 Å². The SMILES string of the molecule is CCCCN(CCCC)CCOC(=O)c1ccccc1Nc1ccnc2c(C(F)(F)F)cccc12.Cl.Cl. The van der Waals surface area contributed by atoms with E-state index in [2.05, 4.69) is 29.0 Å². The molecule has 0 saturated carbocycles. The molecule has 0 atom stereocenters. The van der Waals surface area contributed by atoms with Gasteiger partial charge < -0.3 is 10.1 Å². The lowest BCUT2D eigenvalue weighted by Crippen LogP contribution is -2.30. The molecule has 0 fully saturated rings. The van der Waals surface area contributed by atoms with Crippen molar-refractivity contribution in [3.05, 3.63) is 65.9 Å². The van der Waals surface area contributed by atoms with Gasteiger partial charge in [-0.15, -0.1) is 24.8 Å². The van der Waals surface area contributed by atoms with Crippen LogP contribution in [0.25, 0.3) is 10.9 Å². The molecule has 0 aliphatic heterocycles. The Labute approximate surface area is 228 Å². The van der Waals surface area contributed by atoms with Gasteiger partial charge in [0.05, 0.1) is 22.3 Å². The third-order valence-electron chi connectivity index (χ3n) is 5.79. The molecule has 0 spiro atoms. The van der Waals surface area contributed by atoms with Gasteiger partial charge in [0.1, 0.15) is 6.61 Å². The highest BCUT2D eigenvalue weighted by Gasteiger charge is 2.33. The molecule has 1 heterocycles. The maximum Gasteiger partial charge on any atom is 0.418 e. The second-order valence-electron chi connectivity index (χ2n) is 8.41. The summed E-state index contributed by atoms with van der Waals surface area (Å²) in [4.78, 5) is 19.1. The van der Waals surface area contributed by atoms with Crippen molar-refractivity contribution in [3.8, 4) is 0 Å². The molecule has 1 N–H and O–H groups in total. The minimum Gasteiger partial charge on any atom is -0.461 e. The third kappa shape index (κ3) is 9.05. The first-order valence-electron chi connectivity index (χ1n) is 12.1. The van der Waals surface area contributed by atoms with Crippen LogP contribution in [0.15, 0.2) is 54.7 Å². The van der Waals surface area contributed by atoms with Gasteiger partial charge in [-0.25, -0.2) is 4.79 Å². The molecule has 10 heteroatoms. The molecule has 37 heavy (non-hydrogen) atoms. The van der Waals surface area contributed by atoms with Crippen molar-refractivity contribution >= 4 is 53.1 Å². The maximum absolute atomic E-state index is 13.4. The van der Waals surface area contributed by atoms with E-state index >= 15 is 0 Å². The van der Waals surface area contributed by atoms with Crippen LogP contribution in [0.2, 0.25) is 0 Å². The number of anilines is 2. The number of benzene rings is 2. The summed E-state index contributed by atoms with van der Waals surface area (Å²) in [5, 5.41) is 3.42. The van der Waals surface area contributed by atoms with Crippen LogP contribution in [0.4, 0.5) is 24.5 Å². The number of hydrogen-bond donors (Lipinski definition) is 1. The summed E-state index contributed by atoms with van der Waals surface area (Å²) < 4.78 is 45.9. The quantitative estimate of drug-likeness (QED) is 0.228. The van der Waals surface area contributed by atoms with Crippen molar-refractivity contribution < 1.29 is 22.7 Å². The van der Waals surface area contributed by atoms with Crippen molar-refractivity contribution in [2.45, 2.75) is 45.7 Å². The zero-order chi connectivity index (χ0) is 25.3. The first-order chi connectivity index (χ1) is 16.8. The molecule has 0 aliphatic carbocycles. The highest BCUT2D eigenvalue weighted by atomic mass is 35.5. The van der Waals surface area contributed by atoms with Gasteiger partial charge in [0, 0.05) is 23.8 Å². The van der Waals surface area contributed by atoms with E-state index < -0.39 is 17.7 Å². The number of carbonyl (C=O) groups excluding carboxylic acids is 1. The number of carbonyl (C=O) groups is 1. The highest BCUT2D eigenvalue weighted by Crippen LogP contribution is 2.36. The number of unbranched alkanes of at least 4 members (excludes halogenated alkanes) is 2. The first kappa shape index (κ1) is 32.5. The van der Waals surface area contributed by atoms with Gasteiger partial charge in [0.25, 0.3) is 0 Å². The number of alkyl halides is 3. The van der Waals surface area contributed by atoms with Crippen LogP contribution in [0.3, 0.4) is 0 Å². The minimum atomic E-state index is -4.52. The van der Waals surface area contributed by atoms with Gasteiger partial charge in [-0.3, -0.25) is 9.88 Å². The Hall–Kier alpha value is -2.55. The van der Waals surface area contributed by atoms with Crippen LogP contribution in [0, 0.1) is 0 Å². The van der Waals surface area contributed by atoms with E-state index in [9.17, 15) is 18.0 Å². The number of hydrogen-bond acceptors (Lipinski definition) is 5. The third-order valence-corrected chi connectivity index (χ3v) is 5.79. The lowest BCUT2D eigenvalue weighted by molar-refractivity contribution is -0.136. The van der Waals surface area contributed by atoms with Gasteiger partial charge in [-0.2, -0.15) is 13.2 Å². The van der Waals surface area contributed by atoms with Gasteiger partial charge in [0.15, 0.2) is 0 Å².